The highest BCUT2D eigenvalue weighted by Crippen LogP contribution is 2.31. The number of hydrogen-bond donors (Lipinski definition) is 1. The molecule has 1 N–H and O–H groups in total. The van der Waals surface area contributed by atoms with E-state index in [1.54, 1.807) is 6.92 Å². The lowest BCUT2D eigenvalue weighted by atomic mass is 9.88. The van der Waals surface area contributed by atoms with Gasteiger partial charge in [-0.05, 0) is 19.8 Å². The van der Waals surface area contributed by atoms with Crippen LogP contribution in [-0.2, 0) is 14.3 Å². The smallest absolute Gasteiger partial charge is 0.318 e. The topological polar surface area (TPSA) is 55.4 Å². The first-order chi connectivity index (χ1) is 6.24. The Bertz CT molecular complexity index is 251. The van der Waals surface area contributed by atoms with Crippen molar-refractivity contribution >= 4 is 11.8 Å². The molecule has 2 aliphatic rings. The Morgan fingerprint density at radius 3 is 2.92 bits per heavy atom. The van der Waals surface area contributed by atoms with Gasteiger partial charge in [0.05, 0.1) is 12.6 Å². The standard InChI is InChI=1S/C9H13NO3/c1-2-13-9(12)7-5-3-4-6(10-5)8(7)11/h5-7,10H,2-4H2,1H3. The molecule has 13 heavy (non-hydrogen) atoms. The van der Waals surface area contributed by atoms with Crippen LogP contribution in [0.15, 0.2) is 0 Å². The Kier molecular flexibility index (Phi) is 2.07. The summed E-state index contributed by atoms with van der Waals surface area (Å²) in [6, 6.07) is -0.0454. The molecule has 3 unspecified atom stereocenters. The molecule has 0 amide bonds. The van der Waals surface area contributed by atoms with Crippen LogP contribution in [0.2, 0.25) is 0 Å². The molecule has 4 nitrogen and oxygen atoms in total. The number of fused-ring (bicyclic) bond motifs is 2. The van der Waals surface area contributed by atoms with Gasteiger partial charge in [0.15, 0.2) is 5.78 Å². The van der Waals surface area contributed by atoms with E-state index >= 15 is 0 Å². The largest absolute Gasteiger partial charge is 0.465 e. The van der Waals surface area contributed by atoms with E-state index in [4.69, 9.17) is 4.74 Å². The van der Waals surface area contributed by atoms with E-state index in [2.05, 4.69) is 5.32 Å². The Labute approximate surface area is 76.6 Å². The second kappa shape index (κ2) is 3.10. The summed E-state index contributed by atoms with van der Waals surface area (Å²) in [5.74, 6) is -0.861. The number of esters is 1. The number of ether oxygens (including phenoxy) is 1. The van der Waals surface area contributed by atoms with Gasteiger partial charge in [0.2, 0.25) is 0 Å². The van der Waals surface area contributed by atoms with Crippen molar-refractivity contribution in [3.8, 4) is 0 Å². The maximum absolute atomic E-state index is 11.5. The molecule has 4 heteroatoms. The van der Waals surface area contributed by atoms with E-state index in [-0.39, 0.29) is 23.8 Å². The molecule has 2 aliphatic heterocycles. The minimum absolute atomic E-state index is 0.0229. The number of Topliss-reactive ketones (excluding diaryl/α,β-unsaturated/α-hetero) is 1. The minimum Gasteiger partial charge on any atom is -0.465 e. The van der Waals surface area contributed by atoms with E-state index in [1.807, 2.05) is 0 Å². The van der Waals surface area contributed by atoms with E-state index in [1.165, 1.54) is 0 Å². The Hall–Kier alpha value is -0.900. The summed E-state index contributed by atoms with van der Waals surface area (Å²) in [5.41, 5.74) is 0. The SMILES string of the molecule is CCOC(=O)C1C(=O)C2CCC1N2. The van der Waals surface area contributed by atoms with Crippen LogP contribution in [0.5, 0.6) is 0 Å². The van der Waals surface area contributed by atoms with Crippen molar-refractivity contribution in [3.63, 3.8) is 0 Å². The number of nitrogens with one attached hydrogen (secondary N) is 1. The highest BCUT2D eigenvalue weighted by atomic mass is 16.5. The average Bonchev–Trinajstić information content (AvgIpc) is 2.63. The summed E-state index contributed by atoms with van der Waals surface area (Å²) in [4.78, 5) is 22.9. The molecule has 0 spiro atoms. The summed E-state index contributed by atoms with van der Waals surface area (Å²) in [6.45, 7) is 2.10. The van der Waals surface area contributed by atoms with Gasteiger partial charge in [0.1, 0.15) is 5.92 Å². The lowest BCUT2D eigenvalue weighted by Gasteiger charge is -2.16. The van der Waals surface area contributed by atoms with E-state index in [0.29, 0.717) is 6.61 Å². The minimum atomic E-state index is -0.529. The zero-order chi connectivity index (χ0) is 9.42. The first kappa shape index (κ1) is 8.69. The molecule has 2 heterocycles. The molecule has 2 fully saturated rings. The van der Waals surface area contributed by atoms with Gasteiger partial charge in [-0.15, -0.1) is 0 Å². The number of ketones is 1. The van der Waals surface area contributed by atoms with Gasteiger partial charge < -0.3 is 10.1 Å². The van der Waals surface area contributed by atoms with Crippen molar-refractivity contribution < 1.29 is 14.3 Å². The molecule has 0 aromatic rings. The third kappa shape index (κ3) is 1.25. The van der Waals surface area contributed by atoms with Crippen LogP contribution in [0.1, 0.15) is 19.8 Å². The summed E-state index contributed by atoms with van der Waals surface area (Å²) < 4.78 is 4.85. The first-order valence-corrected chi connectivity index (χ1v) is 4.70. The molecule has 0 saturated carbocycles. The fourth-order valence-corrected chi connectivity index (χ4v) is 2.19. The molecule has 2 bridgehead atoms. The van der Waals surface area contributed by atoms with Crippen molar-refractivity contribution in [2.75, 3.05) is 6.61 Å². The van der Waals surface area contributed by atoms with Crippen LogP contribution < -0.4 is 5.32 Å². The molecule has 0 aromatic carbocycles. The van der Waals surface area contributed by atoms with Gasteiger partial charge in [0.25, 0.3) is 0 Å². The summed E-state index contributed by atoms with van der Waals surface area (Å²) in [7, 11) is 0. The lowest BCUT2D eigenvalue weighted by Crippen LogP contribution is -2.35. The van der Waals surface area contributed by atoms with Crippen molar-refractivity contribution in [2.24, 2.45) is 5.92 Å². The summed E-state index contributed by atoms with van der Waals surface area (Å²) in [5, 5.41) is 3.12. The monoisotopic (exact) mass is 183 g/mol. The Balaban J connectivity index is 2.08. The van der Waals surface area contributed by atoms with Crippen molar-refractivity contribution in [1.29, 1.82) is 0 Å². The van der Waals surface area contributed by atoms with Crippen LogP contribution in [0.4, 0.5) is 0 Å². The van der Waals surface area contributed by atoms with Crippen molar-refractivity contribution in [1.82, 2.24) is 5.32 Å². The fraction of sp³-hybridized carbons (Fsp3) is 0.778. The fourth-order valence-electron chi connectivity index (χ4n) is 2.19. The zero-order valence-electron chi connectivity index (χ0n) is 7.58. The molecular formula is C9H13NO3. The molecule has 72 valence electrons. The molecule has 3 atom stereocenters. The van der Waals surface area contributed by atoms with Gasteiger partial charge in [-0.2, -0.15) is 0 Å². The highest BCUT2D eigenvalue weighted by molar-refractivity contribution is 6.05. The third-order valence-electron chi connectivity index (χ3n) is 2.77. The first-order valence-electron chi connectivity index (χ1n) is 4.70. The molecule has 0 radical (unpaired) electrons. The number of rotatable bonds is 2. The highest BCUT2D eigenvalue weighted by Gasteiger charge is 2.50. The average molecular weight is 183 g/mol. The summed E-state index contributed by atoms with van der Waals surface area (Å²) >= 11 is 0. The van der Waals surface area contributed by atoms with Crippen LogP contribution in [0.25, 0.3) is 0 Å². The second-order valence-electron chi connectivity index (χ2n) is 3.54. The van der Waals surface area contributed by atoms with Gasteiger partial charge in [-0.1, -0.05) is 0 Å². The van der Waals surface area contributed by atoms with Crippen LogP contribution in [-0.4, -0.2) is 30.4 Å². The number of carbonyl (C=O) groups is 2. The van der Waals surface area contributed by atoms with Crippen LogP contribution >= 0.6 is 0 Å². The predicted molar refractivity (Wildman–Crippen MR) is 45.1 cm³/mol. The van der Waals surface area contributed by atoms with Crippen molar-refractivity contribution in [2.45, 2.75) is 31.8 Å². The van der Waals surface area contributed by atoms with E-state index in [9.17, 15) is 9.59 Å². The Morgan fingerprint density at radius 1 is 1.62 bits per heavy atom. The lowest BCUT2D eigenvalue weighted by molar-refractivity contribution is -0.151. The molecule has 0 aromatic heterocycles. The maximum Gasteiger partial charge on any atom is 0.318 e. The third-order valence-corrected chi connectivity index (χ3v) is 2.77. The number of hydrogen-bond acceptors (Lipinski definition) is 4. The normalized spacial score (nSPS) is 36.7. The molecule has 0 aliphatic carbocycles. The van der Waals surface area contributed by atoms with Gasteiger partial charge in [0, 0.05) is 6.04 Å². The maximum atomic E-state index is 11.5. The van der Waals surface area contributed by atoms with Crippen LogP contribution in [0.3, 0.4) is 0 Å². The van der Waals surface area contributed by atoms with Gasteiger partial charge in [-0.3, -0.25) is 9.59 Å². The van der Waals surface area contributed by atoms with E-state index in [0.717, 1.165) is 12.8 Å². The van der Waals surface area contributed by atoms with Crippen molar-refractivity contribution in [3.05, 3.63) is 0 Å². The molecule has 2 saturated heterocycles. The Morgan fingerprint density at radius 2 is 2.38 bits per heavy atom. The second-order valence-corrected chi connectivity index (χ2v) is 3.54. The number of carbonyl (C=O) groups excluding carboxylic acids is 2. The zero-order valence-corrected chi connectivity index (χ0v) is 7.58. The quantitative estimate of drug-likeness (QED) is 0.478. The van der Waals surface area contributed by atoms with Gasteiger partial charge >= 0.3 is 5.97 Å². The van der Waals surface area contributed by atoms with E-state index < -0.39 is 5.92 Å². The molecule has 2 rings (SSSR count). The predicted octanol–water partition coefficient (Wildman–Crippen LogP) is -0.131. The molecular weight excluding hydrogens is 170 g/mol. The van der Waals surface area contributed by atoms with Crippen LogP contribution in [0, 0.1) is 5.92 Å². The van der Waals surface area contributed by atoms with Gasteiger partial charge in [-0.25, -0.2) is 0 Å². The summed E-state index contributed by atoms with van der Waals surface area (Å²) in [6.07, 6.45) is 1.79.